The SMILES string of the molecule is N#Cc1ccccc1-c1ccc(CCCCN)cc1. The topological polar surface area (TPSA) is 49.8 Å². The van der Waals surface area contributed by atoms with Crippen LogP contribution < -0.4 is 5.73 Å². The Balaban J connectivity index is 2.16. The lowest BCUT2D eigenvalue weighted by Crippen LogP contribution is -1.98. The van der Waals surface area contributed by atoms with Crippen LogP contribution in [0, 0.1) is 11.3 Å². The molecule has 0 saturated carbocycles. The molecule has 0 atom stereocenters. The molecule has 0 amide bonds. The van der Waals surface area contributed by atoms with E-state index < -0.39 is 0 Å². The van der Waals surface area contributed by atoms with Crippen molar-refractivity contribution in [1.82, 2.24) is 0 Å². The quantitative estimate of drug-likeness (QED) is 0.825. The van der Waals surface area contributed by atoms with Crippen molar-refractivity contribution in [2.24, 2.45) is 5.73 Å². The fourth-order valence-electron chi connectivity index (χ4n) is 2.16. The Labute approximate surface area is 114 Å². The molecule has 2 rings (SSSR count). The second-order valence-corrected chi connectivity index (χ2v) is 4.60. The van der Waals surface area contributed by atoms with Gasteiger partial charge in [-0.25, -0.2) is 0 Å². The summed E-state index contributed by atoms with van der Waals surface area (Å²) in [5, 5.41) is 9.12. The molecule has 0 aliphatic carbocycles. The van der Waals surface area contributed by atoms with Gasteiger partial charge in [0.05, 0.1) is 11.6 Å². The van der Waals surface area contributed by atoms with Crippen LogP contribution in [0.2, 0.25) is 0 Å². The first kappa shape index (κ1) is 13.3. The Hall–Kier alpha value is -2.11. The third-order valence-electron chi connectivity index (χ3n) is 3.23. The number of nitriles is 1. The molecule has 0 unspecified atom stereocenters. The molecule has 0 aliphatic heterocycles. The predicted molar refractivity (Wildman–Crippen MR) is 78.6 cm³/mol. The summed E-state index contributed by atoms with van der Waals surface area (Å²) >= 11 is 0. The lowest BCUT2D eigenvalue weighted by atomic mass is 9.98. The van der Waals surface area contributed by atoms with Gasteiger partial charge in [0.25, 0.3) is 0 Å². The Morgan fingerprint density at radius 3 is 2.37 bits per heavy atom. The highest BCUT2D eigenvalue weighted by atomic mass is 14.5. The van der Waals surface area contributed by atoms with Gasteiger partial charge in [-0.05, 0) is 48.6 Å². The summed E-state index contributed by atoms with van der Waals surface area (Å²) in [5.74, 6) is 0. The highest BCUT2D eigenvalue weighted by molar-refractivity contribution is 5.70. The van der Waals surface area contributed by atoms with Gasteiger partial charge in [0.15, 0.2) is 0 Å². The third kappa shape index (κ3) is 3.43. The molecule has 19 heavy (non-hydrogen) atoms. The maximum absolute atomic E-state index is 9.12. The van der Waals surface area contributed by atoms with E-state index in [-0.39, 0.29) is 0 Å². The zero-order valence-electron chi connectivity index (χ0n) is 11.0. The largest absolute Gasteiger partial charge is 0.330 e. The van der Waals surface area contributed by atoms with E-state index in [1.54, 1.807) is 0 Å². The molecule has 2 aromatic carbocycles. The van der Waals surface area contributed by atoms with E-state index in [1.165, 1.54) is 5.56 Å². The first-order chi connectivity index (χ1) is 9.35. The van der Waals surface area contributed by atoms with Gasteiger partial charge in [0.2, 0.25) is 0 Å². The van der Waals surface area contributed by atoms with E-state index in [0.29, 0.717) is 0 Å². The molecular weight excluding hydrogens is 232 g/mol. The molecule has 0 radical (unpaired) electrons. The van der Waals surface area contributed by atoms with Crippen molar-refractivity contribution in [3.05, 3.63) is 59.7 Å². The molecule has 0 heterocycles. The van der Waals surface area contributed by atoms with Crippen LogP contribution in [0.1, 0.15) is 24.0 Å². The number of unbranched alkanes of at least 4 members (excludes halogenated alkanes) is 1. The van der Waals surface area contributed by atoms with Crippen LogP contribution in [0.15, 0.2) is 48.5 Å². The molecular formula is C17H18N2. The Bertz CT molecular complexity index is 565. The van der Waals surface area contributed by atoms with E-state index >= 15 is 0 Å². The Morgan fingerprint density at radius 1 is 0.947 bits per heavy atom. The smallest absolute Gasteiger partial charge is 0.0998 e. The molecule has 0 aliphatic rings. The highest BCUT2D eigenvalue weighted by Crippen LogP contribution is 2.23. The summed E-state index contributed by atoms with van der Waals surface area (Å²) in [6.45, 7) is 0.758. The zero-order chi connectivity index (χ0) is 13.5. The minimum absolute atomic E-state index is 0.721. The lowest BCUT2D eigenvalue weighted by molar-refractivity contribution is 0.745. The fraction of sp³-hybridized carbons (Fsp3) is 0.235. The lowest BCUT2D eigenvalue weighted by Gasteiger charge is -2.06. The number of hydrogen-bond acceptors (Lipinski definition) is 2. The zero-order valence-corrected chi connectivity index (χ0v) is 11.0. The molecule has 0 bridgehead atoms. The highest BCUT2D eigenvalue weighted by Gasteiger charge is 2.03. The molecule has 2 aromatic rings. The van der Waals surface area contributed by atoms with Crippen LogP contribution >= 0.6 is 0 Å². The van der Waals surface area contributed by atoms with Gasteiger partial charge in [-0.1, -0.05) is 42.5 Å². The van der Waals surface area contributed by atoms with Crippen LogP contribution in [-0.4, -0.2) is 6.54 Å². The minimum Gasteiger partial charge on any atom is -0.330 e. The number of nitrogens with two attached hydrogens (primary N) is 1. The molecule has 0 spiro atoms. The maximum Gasteiger partial charge on any atom is 0.0998 e. The summed E-state index contributed by atoms with van der Waals surface area (Å²) in [4.78, 5) is 0. The van der Waals surface area contributed by atoms with Crippen molar-refractivity contribution < 1.29 is 0 Å². The van der Waals surface area contributed by atoms with Crippen molar-refractivity contribution in [1.29, 1.82) is 5.26 Å². The Kier molecular flexibility index (Phi) is 4.72. The van der Waals surface area contributed by atoms with E-state index in [1.807, 2.05) is 24.3 Å². The second-order valence-electron chi connectivity index (χ2n) is 4.60. The fourth-order valence-corrected chi connectivity index (χ4v) is 2.16. The number of rotatable bonds is 5. The van der Waals surface area contributed by atoms with Crippen molar-refractivity contribution >= 4 is 0 Å². The van der Waals surface area contributed by atoms with Crippen molar-refractivity contribution in [2.75, 3.05) is 6.54 Å². The number of aryl methyl sites for hydroxylation is 1. The third-order valence-corrected chi connectivity index (χ3v) is 3.23. The summed E-state index contributed by atoms with van der Waals surface area (Å²) in [5.41, 5.74) is 9.64. The van der Waals surface area contributed by atoms with Gasteiger partial charge in [-0.15, -0.1) is 0 Å². The first-order valence-electron chi connectivity index (χ1n) is 6.63. The summed E-state index contributed by atoms with van der Waals surface area (Å²) < 4.78 is 0. The maximum atomic E-state index is 9.12. The van der Waals surface area contributed by atoms with Gasteiger partial charge in [-0.2, -0.15) is 5.26 Å². The Morgan fingerprint density at radius 2 is 1.68 bits per heavy atom. The standard InChI is InChI=1S/C17H18N2/c18-12-4-3-5-14-8-10-15(11-9-14)17-7-2-1-6-16(17)13-19/h1-2,6-11H,3-5,12,18H2. The van der Waals surface area contributed by atoms with Crippen molar-refractivity contribution in [3.8, 4) is 17.2 Å². The van der Waals surface area contributed by atoms with Gasteiger partial charge in [0.1, 0.15) is 0 Å². The average Bonchev–Trinajstić information content (AvgIpc) is 2.48. The van der Waals surface area contributed by atoms with Crippen LogP contribution in [0.3, 0.4) is 0 Å². The van der Waals surface area contributed by atoms with Crippen LogP contribution in [-0.2, 0) is 6.42 Å². The number of hydrogen-bond donors (Lipinski definition) is 1. The van der Waals surface area contributed by atoms with Crippen molar-refractivity contribution in [3.63, 3.8) is 0 Å². The number of benzene rings is 2. The average molecular weight is 250 g/mol. The minimum atomic E-state index is 0.721. The van der Waals surface area contributed by atoms with E-state index in [4.69, 9.17) is 11.0 Å². The van der Waals surface area contributed by atoms with Crippen LogP contribution in [0.4, 0.5) is 0 Å². The van der Waals surface area contributed by atoms with Gasteiger partial charge >= 0.3 is 0 Å². The van der Waals surface area contributed by atoms with Crippen molar-refractivity contribution in [2.45, 2.75) is 19.3 Å². The molecule has 2 N–H and O–H groups in total. The summed E-state index contributed by atoms with van der Waals surface area (Å²) in [6, 6.07) is 18.4. The normalized spacial score (nSPS) is 10.1. The van der Waals surface area contributed by atoms with Crippen LogP contribution in [0.25, 0.3) is 11.1 Å². The molecule has 0 aromatic heterocycles. The first-order valence-corrected chi connectivity index (χ1v) is 6.63. The van der Waals surface area contributed by atoms with Crippen LogP contribution in [0.5, 0.6) is 0 Å². The van der Waals surface area contributed by atoms with E-state index in [2.05, 4.69) is 30.3 Å². The van der Waals surface area contributed by atoms with E-state index in [9.17, 15) is 0 Å². The second kappa shape index (κ2) is 6.72. The van der Waals surface area contributed by atoms with Gasteiger partial charge in [0, 0.05) is 0 Å². The summed E-state index contributed by atoms with van der Waals surface area (Å²) in [7, 11) is 0. The van der Waals surface area contributed by atoms with Gasteiger partial charge in [-0.3, -0.25) is 0 Å². The molecule has 0 fully saturated rings. The monoisotopic (exact) mass is 250 g/mol. The van der Waals surface area contributed by atoms with Gasteiger partial charge < -0.3 is 5.73 Å². The van der Waals surface area contributed by atoms with E-state index in [0.717, 1.165) is 42.5 Å². The number of nitrogens with zero attached hydrogens (tertiary/aromatic N) is 1. The molecule has 2 nitrogen and oxygen atoms in total. The molecule has 2 heteroatoms. The molecule has 96 valence electrons. The molecule has 0 saturated heterocycles. The summed E-state index contributed by atoms with van der Waals surface area (Å²) in [6.07, 6.45) is 3.26. The predicted octanol–water partition coefficient (Wildman–Crippen LogP) is 3.51.